The van der Waals surface area contributed by atoms with Crippen molar-refractivity contribution in [3.8, 4) is 61.8 Å². The fraction of sp³-hybridized carbons (Fsp3) is 0.0333. The SMILES string of the molecule is Cc1cc(-c2cc(-c3ccccc3)nc(-c3ccccc3)n2)cc(C)c1-c1ccc(-c2ccc(-n3c4ccccc4c4cc(N(c5ccccc5)c5ccccc5)ccc43)cc2)cc1. The van der Waals surface area contributed by atoms with Crippen LogP contribution in [0.2, 0.25) is 0 Å². The largest absolute Gasteiger partial charge is 0.310 e. The Morgan fingerprint density at radius 1 is 0.344 bits per heavy atom. The van der Waals surface area contributed by atoms with Crippen molar-refractivity contribution in [2.24, 2.45) is 0 Å². The highest BCUT2D eigenvalue weighted by molar-refractivity contribution is 6.10. The first-order valence-electron chi connectivity index (χ1n) is 21.8. The Morgan fingerprint density at radius 3 is 1.44 bits per heavy atom. The van der Waals surface area contributed by atoms with Crippen LogP contribution in [0.4, 0.5) is 17.1 Å². The van der Waals surface area contributed by atoms with Gasteiger partial charge in [-0.3, -0.25) is 0 Å². The van der Waals surface area contributed by atoms with Gasteiger partial charge in [0.05, 0.1) is 22.4 Å². The van der Waals surface area contributed by atoms with Crippen molar-refractivity contribution in [3.63, 3.8) is 0 Å². The Balaban J connectivity index is 0.897. The highest BCUT2D eigenvalue weighted by Crippen LogP contribution is 2.40. The van der Waals surface area contributed by atoms with Gasteiger partial charge < -0.3 is 9.47 Å². The van der Waals surface area contributed by atoms with Gasteiger partial charge in [-0.05, 0) is 126 Å². The van der Waals surface area contributed by atoms with E-state index in [1.165, 1.54) is 55.2 Å². The molecule has 0 saturated carbocycles. The Labute approximate surface area is 374 Å². The number of aromatic nitrogens is 3. The number of hydrogen-bond donors (Lipinski definition) is 0. The third kappa shape index (κ3) is 7.21. The highest BCUT2D eigenvalue weighted by atomic mass is 15.1. The van der Waals surface area contributed by atoms with Crippen molar-refractivity contribution in [1.82, 2.24) is 14.5 Å². The molecule has 0 N–H and O–H groups in total. The number of aryl methyl sites for hydroxylation is 2. The topological polar surface area (TPSA) is 34.0 Å². The number of hydrogen-bond acceptors (Lipinski definition) is 3. The van der Waals surface area contributed by atoms with Crippen LogP contribution in [0.25, 0.3) is 83.6 Å². The van der Waals surface area contributed by atoms with Crippen LogP contribution < -0.4 is 4.90 Å². The molecule has 64 heavy (non-hydrogen) atoms. The maximum absolute atomic E-state index is 5.10. The van der Waals surface area contributed by atoms with Gasteiger partial charge in [-0.25, -0.2) is 9.97 Å². The number of fused-ring (bicyclic) bond motifs is 3. The van der Waals surface area contributed by atoms with Gasteiger partial charge in [0.1, 0.15) is 0 Å². The number of rotatable bonds is 9. The molecule has 0 atom stereocenters. The summed E-state index contributed by atoms with van der Waals surface area (Å²) < 4.78 is 2.39. The Kier molecular flexibility index (Phi) is 9.95. The average molecular weight is 821 g/mol. The third-order valence-corrected chi connectivity index (χ3v) is 12.2. The van der Waals surface area contributed by atoms with E-state index in [9.17, 15) is 0 Å². The molecule has 0 aliphatic carbocycles. The minimum atomic E-state index is 0.721. The number of nitrogens with zero attached hydrogens (tertiary/aromatic N) is 4. The van der Waals surface area contributed by atoms with Crippen molar-refractivity contribution in [2.75, 3.05) is 4.90 Å². The fourth-order valence-corrected chi connectivity index (χ4v) is 9.25. The van der Waals surface area contributed by atoms with Crippen molar-refractivity contribution in [3.05, 3.63) is 242 Å². The second-order valence-electron chi connectivity index (χ2n) is 16.4. The summed E-state index contributed by atoms with van der Waals surface area (Å²) in [5.74, 6) is 0.721. The van der Waals surface area contributed by atoms with Crippen LogP contribution in [0.3, 0.4) is 0 Å². The second-order valence-corrected chi connectivity index (χ2v) is 16.4. The van der Waals surface area contributed by atoms with Gasteiger partial charge in [-0.15, -0.1) is 0 Å². The molecule has 0 aliphatic heterocycles. The van der Waals surface area contributed by atoms with E-state index in [-0.39, 0.29) is 0 Å². The monoisotopic (exact) mass is 820 g/mol. The first-order valence-corrected chi connectivity index (χ1v) is 21.8. The first-order chi connectivity index (χ1) is 31.6. The fourth-order valence-electron chi connectivity index (χ4n) is 9.25. The van der Waals surface area contributed by atoms with Gasteiger partial charge in [0.2, 0.25) is 0 Å². The van der Waals surface area contributed by atoms with Crippen molar-refractivity contribution >= 4 is 38.9 Å². The quantitative estimate of drug-likeness (QED) is 0.145. The normalized spacial score (nSPS) is 11.3. The summed E-state index contributed by atoms with van der Waals surface area (Å²) in [6.45, 7) is 4.40. The molecule has 0 fully saturated rings. The summed E-state index contributed by atoms with van der Waals surface area (Å²) in [6, 6.07) is 81.9. The molecule has 0 amide bonds. The van der Waals surface area contributed by atoms with Gasteiger partial charge in [-0.1, -0.05) is 152 Å². The summed E-state index contributed by atoms with van der Waals surface area (Å²) in [4.78, 5) is 12.4. The van der Waals surface area contributed by atoms with Crippen molar-refractivity contribution in [2.45, 2.75) is 13.8 Å². The smallest absolute Gasteiger partial charge is 0.160 e. The number of para-hydroxylation sites is 3. The molecule has 2 aromatic heterocycles. The van der Waals surface area contributed by atoms with Crippen molar-refractivity contribution < 1.29 is 0 Å². The molecule has 11 aromatic rings. The molecule has 4 nitrogen and oxygen atoms in total. The minimum Gasteiger partial charge on any atom is -0.310 e. The lowest BCUT2D eigenvalue weighted by Crippen LogP contribution is -2.09. The summed E-state index contributed by atoms with van der Waals surface area (Å²) in [5.41, 5.74) is 19.0. The molecule has 0 saturated heterocycles. The van der Waals surface area contributed by atoms with Gasteiger partial charge in [0.25, 0.3) is 0 Å². The van der Waals surface area contributed by atoms with Gasteiger partial charge in [0.15, 0.2) is 5.82 Å². The van der Waals surface area contributed by atoms with Crippen LogP contribution in [0, 0.1) is 13.8 Å². The number of anilines is 3. The van der Waals surface area contributed by atoms with E-state index in [2.05, 4.69) is 230 Å². The molecule has 0 aliphatic rings. The molecule has 0 bridgehead atoms. The van der Waals surface area contributed by atoms with E-state index in [1.54, 1.807) is 0 Å². The standard InChI is InChI=1S/C60H44N4/c1-41-37-48(56-40-55(45-17-7-3-8-18-45)61-60(62-56)47-19-9-4-10-20-47)38-42(2)59(41)46-29-27-43(28-30-46)44-31-33-51(34-32-44)64-57-26-16-15-25-53(57)54-39-52(35-36-58(54)64)63(49-21-11-5-12-22-49)50-23-13-6-14-24-50/h3-40H,1-2H3. The molecule has 304 valence electrons. The maximum atomic E-state index is 5.10. The molecule has 0 spiro atoms. The predicted molar refractivity (Wildman–Crippen MR) is 268 cm³/mol. The molecule has 9 aromatic carbocycles. The van der Waals surface area contributed by atoms with Crippen LogP contribution in [0.5, 0.6) is 0 Å². The summed E-state index contributed by atoms with van der Waals surface area (Å²) in [7, 11) is 0. The predicted octanol–water partition coefficient (Wildman–Crippen LogP) is 16.0. The van der Waals surface area contributed by atoms with Crippen LogP contribution >= 0.6 is 0 Å². The van der Waals surface area contributed by atoms with E-state index >= 15 is 0 Å². The highest BCUT2D eigenvalue weighted by Gasteiger charge is 2.18. The van der Waals surface area contributed by atoms with E-state index in [0.717, 1.165) is 56.7 Å². The lowest BCUT2D eigenvalue weighted by atomic mass is 9.91. The van der Waals surface area contributed by atoms with Crippen molar-refractivity contribution in [1.29, 1.82) is 0 Å². The summed E-state index contributed by atoms with van der Waals surface area (Å²) in [6.07, 6.45) is 0. The Bertz CT molecular complexity index is 3290. The molecular weight excluding hydrogens is 777 g/mol. The average Bonchev–Trinajstić information content (AvgIpc) is 3.69. The maximum Gasteiger partial charge on any atom is 0.160 e. The van der Waals surface area contributed by atoms with Crippen LogP contribution in [0.1, 0.15) is 11.1 Å². The second kappa shape index (κ2) is 16.5. The molecule has 11 rings (SSSR count). The molecular formula is C60H44N4. The van der Waals surface area contributed by atoms with Gasteiger partial charge >= 0.3 is 0 Å². The Hall–Kier alpha value is -8.34. The molecule has 4 heteroatoms. The first kappa shape index (κ1) is 38.6. The van der Waals surface area contributed by atoms with Gasteiger partial charge in [-0.2, -0.15) is 0 Å². The Morgan fingerprint density at radius 2 is 0.828 bits per heavy atom. The molecule has 0 radical (unpaired) electrons. The van der Waals surface area contributed by atoms with Gasteiger partial charge in [0, 0.05) is 50.2 Å². The van der Waals surface area contributed by atoms with E-state index in [1.807, 2.05) is 24.3 Å². The summed E-state index contributed by atoms with van der Waals surface area (Å²) >= 11 is 0. The minimum absolute atomic E-state index is 0.721. The van der Waals surface area contributed by atoms with Crippen LogP contribution in [-0.4, -0.2) is 14.5 Å². The van der Waals surface area contributed by atoms with Crippen LogP contribution in [-0.2, 0) is 0 Å². The molecule has 2 heterocycles. The lowest BCUT2D eigenvalue weighted by Gasteiger charge is -2.25. The van der Waals surface area contributed by atoms with E-state index in [0.29, 0.717) is 0 Å². The van der Waals surface area contributed by atoms with E-state index < -0.39 is 0 Å². The third-order valence-electron chi connectivity index (χ3n) is 12.2. The summed E-state index contributed by atoms with van der Waals surface area (Å²) in [5, 5.41) is 2.44. The number of benzene rings is 9. The van der Waals surface area contributed by atoms with E-state index in [4.69, 9.17) is 9.97 Å². The van der Waals surface area contributed by atoms with Crippen LogP contribution in [0.15, 0.2) is 231 Å². The molecule has 0 unspecified atom stereocenters. The zero-order valence-corrected chi connectivity index (χ0v) is 35.7. The lowest BCUT2D eigenvalue weighted by molar-refractivity contribution is 1.18. The zero-order chi connectivity index (χ0) is 43.0. The zero-order valence-electron chi connectivity index (χ0n) is 35.7.